The zero-order chi connectivity index (χ0) is 38.5. The molecule has 3 amide bonds. The molecule has 0 aliphatic carbocycles. The van der Waals surface area contributed by atoms with E-state index in [1.54, 1.807) is 17.0 Å². The normalized spacial score (nSPS) is 20.6. The van der Waals surface area contributed by atoms with Crippen LogP contribution in [0.1, 0.15) is 91.9 Å². The van der Waals surface area contributed by atoms with Gasteiger partial charge < -0.3 is 19.6 Å². The van der Waals surface area contributed by atoms with Gasteiger partial charge in [-0.2, -0.15) is 0 Å². The highest BCUT2D eigenvalue weighted by molar-refractivity contribution is 6.05. The molecule has 0 bridgehead atoms. The molecule has 0 saturated carbocycles. The van der Waals surface area contributed by atoms with Crippen molar-refractivity contribution in [3.05, 3.63) is 125 Å². The molecule has 7 rings (SSSR count). The van der Waals surface area contributed by atoms with Gasteiger partial charge in [-0.1, -0.05) is 61.5 Å². The van der Waals surface area contributed by atoms with Crippen molar-refractivity contribution >= 4 is 34.6 Å². The second-order valence-corrected chi connectivity index (χ2v) is 15.1. The molecule has 4 aromatic carbocycles. The number of aromatic hydroxyl groups is 1. The van der Waals surface area contributed by atoms with Crippen LogP contribution < -0.4 is 15.0 Å². The average molecular weight is 741 g/mol. The molecule has 9 nitrogen and oxygen atoms in total. The summed E-state index contributed by atoms with van der Waals surface area (Å²) in [6, 6.07) is 32.5. The molecule has 3 aliphatic heterocycles. The second-order valence-electron chi connectivity index (χ2n) is 15.1. The molecule has 3 aliphatic rings. The minimum absolute atomic E-state index is 0.135. The number of benzene rings is 4. The third-order valence-corrected chi connectivity index (χ3v) is 11.4. The summed E-state index contributed by atoms with van der Waals surface area (Å²) in [6.45, 7) is 10.7. The topological polar surface area (TPSA) is 102 Å². The molecule has 0 radical (unpaired) electrons. The maximum atomic E-state index is 13.2. The van der Waals surface area contributed by atoms with E-state index in [4.69, 9.17) is 4.74 Å². The monoisotopic (exact) mass is 740 g/mol. The van der Waals surface area contributed by atoms with Crippen LogP contribution in [-0.4, -0.2) is 77.0 Å². The first-order chi connectivity index (χ1) is 26.7. The fourth-order valence-corrected chi connectivity index (χ4v) is 8.55. The Morgan fingerprint density at radius 1 is 0.818 bits per heavy atom. The first-order valence-corrected chi connectivity index (χ1v) is 19.8. The number of carbonyl (C=O) groups excluding carboxylic acids is 3. The number of phenols is 1. The predicted octanol–water partition coefficient (Wildman–Crippen LogP) is 7.67. The van der Waals surface area contributed by atoms with E-state index in [9.17, 15) is 19.5 Å². The maximum Gasteiger partial charge on any atom is 0.255 e. The van der Waals surface area contributed by atoms with Crippen LogP contribution in [0, 0.1) is 0 Å². The number of ether oxygens (including phenoxy) is 1. The number of nitrogens with zero attached hydrogens (tertiary/aromatic N) is 3. The lowest BCUT2D eigenvalue weighted by molar-refractivity contribution is -0.136. The van der Waals surface area contributed by atoms with E-state index >= 15 is 0 Å². The van der Waals surface area contributed by atoms with Gasteiger partial charge in [0.1, 0.15) is 17.5 Å². The van der Waals surface area contributed by atoms with Crippen LogP contribution in [0.4, 0.5) is 5.69 Å². The molecule has 2 fully saturated rings. The fourth-order valence-electron chi connectivity index (χ4n) is 8.55. The van der Waals surface area contributed by atoms with Crippen LogP contribution >= 0.6 is 0 Å². The lowest BCUT2D eigenvalue weighted by Gasteiger charge is -2.45. The molecule has 9 heteroatoms. The third-order valence-electron chi connectivity index (χ3n) is 11.4. The summed E-state index contributed by atoms with van der Waals surface area (Å²) in [5.41, 5.74) is 8.49. The number of hydrogen-bond acceptors (Lipinski definition) is 7. The Morgan fingerprint density at radius 2 is 1.51 bits per heavy atom. The molecule has 3 heterocycles. The molecule has 0 spiro atoms. The van der Waals surface area contributed by atoms with Crippen molar-refractivity contribution in [3.8, 4) is 11.5 Å². The summed E-state index contributed by atoms with van der Waals surface area (Å²) in [5, 5.41) is 12.3. The fraction of sp³-hybridized carbons (Fsp3) is 0.370. The SMILES string of the molecule is CCC(=C(c1ccc(O)cc1)c1ccc(OCCCCCN2C(C)CN(c3ccc4c(c3)CN(C3CCC(=O)NC3=O)C4=O)CC2C)cc1)c1ccccc1. The largest absolute Gasteiger partial charge is 0.508 e. The zero-order valence-electron chi connectivity index (χ0n) is 32.2. The van der Waals surface area contributed by atoms with Crippen LogP contribution in [0.15, 0.2) is 97.1 Å². The molecule has 2 N–H and O–H groups in total. The van der Waals surface area contributed by atoms with Gasteiger partial charge in [0.25, 0.3) is 5.91 Å². The smallest absolute Gasteiger partial charge is 0.255 e. The number of allylic oxidation sites excluding steroid dienone is 1. The first-order valence-electron chi connectivity index (χ1n) is 19.8. The maximum absolute atomic E-state index is 13.2. The Morgan fingerprint density at radius 3 is 2.18 bits per heavy atom. The number of amides is 3. The van der Waals surface area contributed by atoms with Crippen LogP contribution in [0.3, 0.4) is 0 Å². The zero-order valence-corrected chi connectivity index (χ0v) is 32.2. The summed E-state index contributed by atoms with van der Waals surface area (Å²) in [6.07, 6.45) is 4.68. The Balaban J connectivity index is 0.886. The summed E-state index contributed by atoms with van der Waals surface area (Å²) in [7, 11) is 0. The van der Waals surface area contributed by atoms with E-state index < -0.39 is 6.04 Å². The number of unbranched alkanes of at least 4 members (excludes halogenated alkanes) is 2. The lowest BCUT2D eigenvalue weighted by atomic mass is 9.88. The predicted molar refractivity (Wildman–Crippen MR) is 217 cm³/mol. The van der Waals surface area contributed by atoms with Crippen molar-refractivity contribution in [1.82, 2.24) is 15.1 Å². The number of phenolic OH excluding ortho intramolecular Hbond substituents is 1. The van der Waals surface area contributed by atoms with Crippen molar-refractivity contribution in [3.63, 3.8) is 0 Å². The number of rotatable bonds is 13. The Kier molecular flexibility index (Phi) is 11.7. The number of fused-ring (bicyclic) bond motifs is 1. The minimum Gasteiger partial charge on any atom is -0.508 e. The van der Waals surface area contributed by atoms with Gasteiger partial charge in [0.05, 0.1) is 6.61 Å². The molecule has 286 valence electrons. The first kappa shape index (κ1) is 37.9. The Hall–Kier alpha value is -5.41. The summed E-state index contributed by atoms with van der Waals surface area (Å²) < 4.78 is 6.19. The number of carbonyl (C=O) groups is 3. The molecular formula is C46H52N4O5. The van der Waals surface area contributed by atoms with Gasteiger partial charge >= 0.3 is 0 Å². The number of hydrogen-bond donors (Lipinski definition) is 2. The molecule has 3 unspecified atom stereocenters. The van der Waals surface area contributed by atoms with Crippen LogP contribution in [-0.2, 0) is 16.1 Å². The quantitative estimate of drug-likeness (QED) is 0.0825. The number of nitrogens with one attached hydrogen (secondary N) is 1. The number of imide groups is 1. The van der Waals surface area contributed by atoms with E-state index in [2.05, 4.69) is 90.5 Å². The van der Waals surface area contributed by atoms with Crippen LogP contribution in [0.5, 0.6) is 11.5 Å². The van der Waals surface area contributed by atoms with Gasteiger partial charge in [-0.15, -0.1) is 0 Å². The second kappa shape index (κ2) is 16.9. The molecule has 3 atom stereocenters. The van der Waals surface area contributed by atoms with Gasteiger partial charge in [0.15, 0.2) is 0 Å². The molecule has 4 aromatic rings. The number of piperidine rings is 1. The molecule has 0 aromatic heterocycles. The highest BCUT2D eigenvalue weighted by Gasteiger charge is 2.39. The van der Waals surface area contributed by atoms with E-state index in [0.29, 0.717) is 37.2 Å². The van der Waals surface area contributed by atoms with E-state index in [1.807, 2.05) is 30.3 Å². The Labute approximate surface area is 324 Å². The summed E-state index contributed by atoms with van der Waals surface area (Å²) >= 11 is 0. The van der Waals surface area contributed by atoms with Crippen molar-refractivity contribution in [2.75, 3.05) is 31.1 Å². The molecule has 2 saturated heterocycles. The van der Waals surface area contributed by atoms with Crippen molar-refractivity contribution < 1.29 is 24.2 Å². The van der Waals surface area contributed by atoms with Gasteiger partial charge in [0.2, 0.25) is 11.8 Å². The number of anilines is 1. The summed E-state index contributed by atoms with van der Waals surface area (Å²) in [4.78, 5) is 43.9. The lowest BCUT2D eigenvalue weighted by Crippen LogP contribution is -2.57. The number of piperazine rings is 1. The van der Waals surface area contributed by atoms with E-state index in [1.165, 1.54) is 11.1 Å². The molecular weight excluding hydrogens is 689 g/mol. The van der Waals surface area contributed by atoms with Gasteiger partial charge in [0, 0.05) is 49.4 Å². The van der Waals surface area contributed by atoms with E-state index in [0.717, 1.165) is 79.0 Å². The average Bonchev–Trinajstić information content (AvgIpc) is 3.51. The minimum atomic E-state index is -0.600. The van der Waals surface area contributed by atoms with Crippen molar-refractivity contribution in [2.45, 2.75) is 84.0 Å². The summed E-state index contributed by atoms with van der Waals surface area (Å²) in [5.74, 6) is 0.330. The van der Waals surface area contributed by atoms with E-state index in [-0.39, 0.29) is 29.9 Å². The van der Waals surface area contributed by atoms with Gasteiger partial charge in [-0.05, 0) is 128 Å². The van der Waals surface area contributed by atoms with Crippen LogP contribution in [0.2, 0.25) is 0 Å². The third kappa shape index (κ3) is 8.47. The highest BCUT2D eigenvalue weighted by Crippen LogP contribution is 2.36. The standard InChI is InChI=1S/C46H52N4O5/c1-4-40(33-11-7-5-8-12-33)44(34-13-18-38(51)19-14-34)35-15-20-39(21-16-35)55-26-10-6-9-25-49-31(2)28-48(29-32(49)3)37-17-22-41-36(27-37)30-50(46(41)54)42-23-24-43(52)47-45(42)53/h5,7-8,11-22,27,31-32,42,51H,4,6,9-10,23-26,28-30H2,1-3H3,(H,47,52,53). The van der Waals surface area contributed by atoms with Crippen molar-refractivity contribution in [1.29, 1.82) is 0 Å². The van der Waals surface area contributed by atoms with Crippen LogP contribution in [0.25, 0.3) is 11.1 Å². The molecule has 55 heavy (non-hydrogen) atoms. The Bertz CT molecular complexity index is 2020. The highest BCUT2D eigenvalue weighted by atomic mass is 16.5. The van der Waals surface area contributed by atoms with Gasteiger partial charge in [-0.3, -0.25) is 24.6 Å². The van der Waals surface area contributed by atoms with Crippen molar-refractivity contribution in [2.24, 2.45) is 0 Å². The van der Waals surface area contributed by atoms with Gasteiger partial charge in [-0.25, -0.2) is 0 Å².